The summed E-state index contributed by atoms with van der Waals surface area (Å²) in [6, 6.07) is -12.9. The van der Waals surface area contributed by atoms with Gasteiger partial charge in [0.05, 0.1) is 11.7 Å². The van der Waals surface area contributed by atoms with Crippen molar-refractivity contribution in [3.8, 4) is 0 Å². The van der Waals surface area contributed by atoms with Crippen LogP contribution in [0.5, 0.6) is 0 Å². The van der Waals surface area contributed by atoms with Crippen LogP contribution >= 0.6 is 11.8 Å². The molecular formula is C67H122N12O13S. The maximum Gasteiger partial charge on any atom is 0.256 e. The second-order valence-corrected chi connectivity index (χ2v) is 29.7. The number of hydrogen-bond acceptors (Lipinski definition) is 15. The van der Waals surface area contributed by atoms with Gasteiger partial charge in [-0.15, -0.1) is 11.8 Å². The molecule has 0 radical (unpaired) electrons. The fourth-order valence-corrected chi connectivity index (χ4v) is 12.7. The zero-order valence-electron chi connectivity index (χ0n) is 61.3. The number of carbonyl (C=O) groups excluding carboxylic acids is 11. The highest BCUT2D eigenvalue weighted by atomic mass is 32.2. The van der Waals surface area contributed by atoms with Gasteiger partial charge in [-0.25, -0.2) is 0 Å². The number of nitrogens with zero attached hydrogens (tertiary/aromatic N) is 8. The van der Waals surface area contributed by atoms with Crippen molar-refractivity contribution in [2.24, 2.45) is 35.5 Å². The molecule has 6 N–H and O–H groups in total. The lowest BCUT2D eigenvalue weighted by Gasteiger charge is -2.41. The Kier molecular flexibility index (Phi) is 35.4. The first-order valence-electron chi connectivity index (χ1n) is 33.2. The first-order chi connectivity index (χ1) is 42.8. The molecule has 0 bridgehead atoms. The molecule has 1 aliphatic heterocycles. The molecule has 25 nitrogen and oxygen atoms in total. The van der Waals surface area contributed by atoms with Crippen molar-refractivity contribution in [2.75, 3.05) is 75.7 Å². The first-order valence-corrected chi connectivity index (χ1v) is 34.2. The largest absolute Gasteiger partial charge is 0.390 e. The number of likely N-dealkylation sites (N-methyl/N-ethyl adjacent to an activating group) is 7. The molecule has 1 heterocycles. The molecule has 11 amide bonds. The minimum absolute atomic E-state index is 0.00222. The van der Waals surface area contributed by atoms with Gasteiger partial charge in [0.25, 0.3) is 5.91 Å². The van der Waals surface area contributed by atoms with Gasteiger partial charge in [-0.1, -0.05) is 95.2 Å². The number of carbonyl (C=O) groups is 11. The van der Waals surface area contributed by atoms with E-state index in [-0.39, 0.29) is 62.7 Å². The van der Waals surface area contributed by atoms with Crippen molar-refractivity contribution in [3.63, 3.8) is 0 Å². The van der Waals surface area contributed by atoms with Crippen molar-refractivity contribution in [2.45, 2.75) is 240 Å². The summed E-state index contributed by atoms with van der Waals surface area (Å²) in [5.41, 5.74) is -1.33. The van der Waals surface area contributed by atoms with Gasteiger partial charge < -0.3 is 70.7 Å². The summed E-state index contributed by atoms with van der Waals surface area (Å²) in [5.74, 6) is -9.86. The summed E-state index contributed by atoms with van der Waals surface area (Å²) >= 11 is 1.11. The number of nitrogens with one attached hydrogen (secondary N) is 4. The highest BCUT2D eigenvalue weighted by molar-refractivity contribution is 8.00. The van der Waals surface area contributed by atoms with Crippen LogP contribution in [0.3, 0.4) is 0 Å². The molecule has 13 atom stereocenters. The van der Waals surface area contributed by atoms with E-state index < -0.39 is 160 Å². The molecule has 0 aliphatic carbocycles. The summed E-state index contributed by atoms with van der Waals surface area (Å²) in [6.45, 7) is 29.6. The summed E-state index contributed by atoms with van der Waals surface area (Å²) < 4.78 is 0. The normalized spacial score (nSPS) is 26.6. The Balaban J connectivity index is 4.57. The highest BCUT2D eigenvalue weighted by Gasteiger charge is 2.46. The Morgan fingerprint density at radius 3 is 1.44 bits per heavy atom. The molecular weight excluding hydrogens is 1210 g/mol. The fraction of sp³-hybridized carbons (Fsp3) is 0.806. The second-order valence-electron chi connectivity index (χ2n) is 28.5. The number of allylic oxidation sites excluding steroid dienone is 2. The van der Waals surface area contributed by atoms with Crippen molar-refractivity contribution in [1.82, 2.24) is 60.5 Å². The third kappa shape index (κ3) is 25.0. The van der Waals surface area contributed by atoms with E-state index in [1.54, 1.807) is 74.5 Å². The lowest BCUT2D eigenvalue weighted by Crippen LogP contribution is -2.64. The SMILES string of the molecule is C/C=C/C[C@@H](C)[C@@H](O)[C@H]1C(=O)N[C@@H](CC)C(=O)N(C)[C@H](SCCN(C)C)C(=O)N(C)[C@@H](CCC(C)(C)O)C(=O)N[C@@H](C(C)C)C(=O)N(C)[C@@H](CC(C)C)C(=O)N[C@@H](C)C(=O)N[C@H](C)C(=O)N(C)[C@@H](CC(C)C)C(=O)N(C)[C@@H](CC(C)C)C(=O)N(C)[C@@H](C(C)C)C(=O)N1C. The molecule has 1 aliphatic rings. The van der Waals surface area contributed by atoms with E-state index in [0.29, 0.717) is 12.3 Å². The molecule has 0 aromatic heterocycles. The van der Waals surface area contributed by atoms with Crippen LogP contribution in [0.1, 0.15) is 163 Å². The van der Waals surface area contributed by atoms with E-state index in [9.17, 15) is 34.2 Å². The molecule has 0 saturated carbocycles. The molecule has 26 heteroatoms. The Hall–Kier alpha value is -5.86. The summed E-state index contributed by atoms with van der Waals surface area (Å²) in [7, 11) is 13.6. The van der Waals surface area contributed by atoms with E-state index >= 15 is 28.8 Å². The van der Waals surface area contributed by atoms with Crippen LogP contribution in [0.2, 0.25) is 0 Å². The lowest BCUT2D eigenvalue weighted by atomic mass is 9.91. The number of aliphatic hydroxyl groups is 2. The van der Waals surface area contributed by atoms with E-state index in [1.807, 2.05) is 60.5 Å². The predicted molar refractivity (Wildman–Crippen MR) is 364 cm³/mol. The predicted octanol–water partition coefficient (Wildman–Crippen LogP) is 3.39. The number of amides is 11. The highest BCUT2D eigenvalue weighted by Crippen LogP contribution is 2.27. The Bertz CT molecular complexity index is 2540. The van der Waals surface area contributed by atoms with Gasteiger partial charge >= 0.3 is 0 Å². The van der Waals surface area contributed by atoms with Crippen molar-refractivity contribution in [3.05, 3.63) is 12.2 Å². The molecule has 534 valence electrons. The average Bonchev–Trinajstić information content (AvgIpc) is 0.831. The standard InChI is InChI=1S/C67H122N12O13S/c1-27-29-30-43(13)54(80)53-58(84)70-46(28-2)60(86)79(26)66(93-34-33-72(18)19)65(91)73(20)47(31-32-67(16,17)92)56(82)71-51(41(9)10)63(89)74(21)48(35-38(3)4)57(83)68-44(14)55(81)69-45(15)59(85)75(22)49(36-39(5)6)61(87)76(23)50(37-40(7)8)62(88)77(24)52(42(11)12)64(90)78(53)25/h27,29,38-54,66,80,92H,28,30-37H2,1-26H3,(H,68,83)(H,69,81)(H,70,84)(H,71,82)/b29-27+/t43-,44+,45-,46+,47+,48+,49+,50+,51+,52+,53+,54-,66-/m1/s1. The van der Waals surface area contributed by atoms with Gasteiger partial charge in [0.1, 0.15) is 60.4 Å². The molecule has 0 spiro atoms. The van der Waals surface area contributed by atoms with Gasteiger partial charge in [0, 0.05) is 61.6 Å². The van der Waals surface area contributed by atoms with Crippen LogP contribution in [-0.4, -0.2) is 268 Å². The summed E-state index contributed by atoms with van der Waals surface area (Å²) in [5, 5.41) is 33.0. The first kappa shape index (κ1) is 85.2. The van der Waals surface area contributed by atoms with E-state index in [2.05, 4.69) is 21.3 Å². The van der Waals surface area contributed by atoms with Crippen LogP contribution < -0.4 is 21.3 Å². The quantitative estimate of drug-likeness (QED) is 0.0953. The van der Waals surface area contributed by atoms with Gasteiger partial charge in [-0.05, 0) is 129 Å². The summed E-state index contributed by atoms with van der Waals surface area (Å²) in [4.78, 5) is 174. The Labute approximate surface area is 561 Å². The number of hydrogen-bond donors (Lipinski definition) is 6. The van der Waals surface area contributed by atoms with Crippen molar-refractivity contribution >= 4 is 76.7 Å². The fourth-order valence-electron chi connectivity index (χ4n) is 11.3. The van der Waals surface area contributed by atoms with Crippen LogP contribution in [0.4, 0.5) is 0 Å². The molecule has 1 fully saturated rings. The topological polar surface area (TPSA) is 302 Å². The van der Waals surface area contributed by atoms with Gasteiger partial charge in [-0.2, -0.15) is 0 Å². The smallest absolute Gasteiger partial charge is 0.256 e. The Morgan fingerprint density at radius 1 is 0.527 bits per heavy atom. The minimum Gasteiger partial charge on any atom is -0.390 e. The molecule has 93 heavy (non-hydrogen) atoms. The van der Waals surface area contributed by atoms with Crippen molar-refractivity contribution in [1.29, 1.82) is 0 Å². The van der Waals surface area contributed by atoms with Crippen LogP contribution in [0.15, 0.2) is 12.2 Å². The molecule has 0 aromatic carbocycles. The monoisotopic (exact) mass is 1330 g/mol. The lowest BCUT2D eigenvalue weighted by molar-refractivity contribution is -0.157. The Morgan fingerprint density at radius 2 is 0.978 bits per heavy atom. The van der Waals surface area contributed by atoms with Gasteiger partial charge in [0.2, 0.25) is 59.1 Å². The third-order valence-electron chi connectivity index (χ3n) is 17.3. The molecule has 0 unspecified atom stereocenters. The van der Waals surface area contributed by atoms with Crippen LogP contribution in [-0.2, 0) is 52.7 Å². The zero-order chi connectivity index (χ0) is 72.2. The minimum atomic E-state index is -1.66. The maximum absolute atomic E-state index is 15.3. The molecule has 1 rings (SSSR count). The average molecular weight is 1340 g/mol. The molecule has 1 saturated heterocycles. The number of aliphatic hydroxyl groups excluding tert-OH is 1. The van der Waals surface area contributed by atoms with Crippen molar-refractivity contribution < 1.29 is 63.0 Å². The van der Waals surface area contributed by atoms with E-state index in [0.717, 1.165) is 16.7 Å². The van der Waals surface area contributed by atoms with Crippen LogP contribution in [0, 0.1) is 35.5 Å². The number of thioether (sulfide) groups is 1. The molecule has 0 aromatic rings. The van der Waals surface area contributed by atoms with Gasteiger partial charge in [-0.3, -0.25) is 52.7 Å². The van der Waals surface area contributed by atoms with Crippen LogP contribution in [0.25, 0.3) is 0 Å². The third-order valence-corrected chi connectivity index (χ3v) is 18.6. The maximum atomic E-state index is 15.3. The second kappa shape index (κ2) is 38.6. The van der Waals surface area contributed by atoms with E-state index in [1.165, 1.54) is 92.6 Å². The number of rotatable bonds is 20. The van der Waals surface area contributed by atoms with Gasteiger partial charge in [0.15, 0.2) is 5.37 Å². The zero-order valence-corrected chi connectivity index (χ0v) is 62.1. The van der Waals surface area contributed by atoms with E-state index in [4.69, 9.17) is 0 Å². The summed E-state index contributed by atoms with van der Waals surface area (Å²) in [6.07, 6.45) is 2.60.